The van der Waals surface area contributed by atoms with Crippen molar-refractivity contribution in [3.05, 3.63) is 0 Å². The molecule has 0 radical (unpaired) electrons. The van der Waals surface area contributed by atoms with E-state index in [0.29, 0.717) is 0 Å². The summed E-state index contributed by atoms with van der Waals surface area (Å²) in [5, 5.41) is 190. The summed E-state index contributed by atoms with van der Waals surface area (Å²) in [5.74, 6) is -2.31. The van der Waals surface area contributed by atoms with Crippen LogP contribution in [0.15, 0.2) is 0 Å². The van der Waals surface area contributed by atoms with E-state index in [0.717, 1.165) is 20.8 Å². The number of hydrogen-bond donors (Lipinski definition) is 20. The third-order valence-corrected chi connectivity index (χ3v) is 13.6. The summed E-state index contributed by atoms with van der Waals surface area (Å²) in [6, 6.07) is -4.88. The van der Waals surface area contributed by atoms with Gasteiger partial charge in [0.05, 0.1) is 39.6 Å². The summed E-state index contributed by atoms with van der Waals surface area (Å²) in [6.45, 7) is -2.60. The molecule has 6 aliphatic heterocycles. The first-order valence-electron chi connectivity index (χ1n) is 24.1. The average Bonchev–Trinajstić information content (AvgIpc) is 3.37. The topological polar surface area (TPSA) is 533 Å². The monoisotopic (exact) mass is 1110 g/mol. The van der Waals surface area contributed by atoms with E-state index in [-0.39, 0.29) is 0 Å². The quantitative estimate of drug-likeness (QED) is 0.0571. The normalized spacial score (nSPS) is 48.2. The van der Waals surface area contributed by atoms with Crippen molar-refractivity contribution in [3.63, 3.8) is 0 Å². The number of amides is 3. The molecule has 0 unspecified atom stereocenters. The van der Waals surface area contributed by atoms with Gasteiger partial charge in [0.1, 0.15) is 146 Å². The fraction of sp³-hybridized carbons (Fsp3) is 0.929. The van der Waals surface area contributed by atoms with Gasteiger partial charge in [-0.2, -0.15) is 0 Å². The average molecular weight is 1110 g/mol. The SMILES string of the molecule is CC(=O)N[C@@H]1[C@@H](O)[C@H](O[C@@H]2O[C@H](CO)[C@@H](O[C@@H]3O[C@H](CO[C@H]4O[C@H](CO)[C@@H](O)[C@H](O[C@@H]5O[C@H](CO)[C@@H](O)[C@H](O)[C@H]5NC(C)=O)[C@@H]4O)[C@@H](O)[C@H](O[C@H]4O[C@H](CO)[C@@H](O)[C@H](O)[C@@H]4O)[C@@H]3O)[C@H](O)[C@H]2NC(C)=O)[C@@H](CO)O[C@H]1O. The number of aliphatic hydroxyl groups excluding tert-OH is 17. The zero-order valence-electron chi connectivity index (χ0n) is 40.9. The highest BCUT2D eigenvalue weighted by Crippen LogP contribution is 2.36. The van der Waals surface area contributed by atoms with E-state index in [1.807, 2.05) is 0 Å². The molecule has 3 amide bonds. The second kappa shape index (κ2) is 27.2. The molecule has 30 atom stereocenters. The number of ether oxygens (including phenoxy) is 11. The molecule has 6 aliphatic rings. The third-order valence-electron chi connectivity index (χ3n) is 13.6. The first-order valence-corrected chi connectivity index (χ1v) is 24.1. The lowest BCUT2D eigenvalue weighted by Gasteiger charge is -2.50. The number of carbonyl (C=O) groups excluding carboxylic acids is 3. The summed E-state index contributed by atoms with van der Waals surface area (Å²) in [5.41, 5.74) is 0. The van der Waals surface area contributed by atoms with Crippen molar-refractivity contribution in [2.24, 2.45) is 0 Å². The maximum atomic E-state index is 12.6. The van der Waals surface area contributed by atoms with E-state index in [1.54, 1.807) is 0 Å². The minimum atomic E-state index is -2.28. The Morgan fingerprint density at radius 3 is 1.21 bits per heavy atom. The molecule has 20 N–H and O–H groups in total. The fourth-order valence-electron chi connectivity index (χ4n) is 9.62. The number of aliphatic hydroxyl groups is 17. The van der Waals surface area contributed by atoms with Gasteiger partial charge in [0.15, 0.2) is 37.7 Å². The maximum Gasteiger partial charge on any atom is 0.217 e. The van der Waals surface area contributed by atoms with E-state index >= 15 is 0 Å². The molecule has 0 aromatic carbocycles. The molecule has 0 saturated carbocycles. The molecule has 0 bridgehead atoms. The van der Waals surface area contributed by atoms with Gasteiger partial charge in [-0.05, 0) is 0 Å². The van der Waals surface area contributed by atoms with Crippen molar-refractivity contribution >= 4 is 17.7 Å². The minimum Gasteiger partial charge on any atom is -0.394 e. The van der Waals surface area contributed by atoms with Crippen LogP contribution in [0.2, 0.25) is 0 Å². The Balaban J connectivity index is 1.27. The Bertz CT molecular complexity index is 1870. The Morgan fingerprint density at radius 1 is 0.342 bits per heavy atom. The lowest BCUT2D eigenvalue weighted by atomic mass is 9.94. The Morgan fingerprint density at radius 2 is 0.684 bits per heavy atom. The summed E-state index contributed by atoms with van der Waals surface area (Å²) in [6.07, 6.45) is -51.4. The molecule has 0 spiro atoms. The zero-order chi connectivity index (χ0) is 56.2. The standard InChI is InChI=1S/C42H71N3O31/c1-10(51)43-19-27(59)33(16(7-49)67-37(19)65)73-39-21(45-12(3)53)28(60)34(17(8-50)71-39)74-42-32(64)36(76-41-30(62)29(61)23(55)14(5-47)70-41)25(57)18(72-42)9-66-40-31(63)35(24(56)15(6-48)69-40)75-38-20(44-11(2)52)26(58)22(54)13(4-46)68-38/h13-42,46-50,54-65H,4-9H2,1-3H3,(H,43,51)(H,44,52)(H,45,53)/t13-,14-,15-,16-,17-,18-,19-,20-,21-,22-,23-,24-,25-,26-,27-,28-,29+,30+,31+,32+,33-,34-,35+,36+,37-,38+,39+,40+,41-,42+/m1/s1. The Hall–Kier alpha value is -2.71. The molecule has 6 saturated heterocycles. The summed E-state index contributed by atoms with van der Waals surface area (Å²) < 4.78 is 63.2. The van der Waals surface area contributed by atoms with Gasteiger partial charge in [0, 0.05) is 20.8 Å². The molecule has 6 heterocycles. The van der Waals surface area contributed by atoms with Crippen molar-refractivity contribution in [1.29, 1.82) is 0 Å². The molecule has 0 aromatic rings. The van der Waals surface area contributed by atoms with Gasteiger partial charge in [-0.15, -0.1) is 0 Å². The van der Waals surface area contributed by atoms with Crippen LogP contribution in [-0.4, -0.2) is 328 Å². The number of hydrogen-bond acceptors (Lipinski definition) is 31. The van der Waals surface area contributed by atoms with Crippen LogP contribution in [0.5, 0.6) is 0 Å². The van der Waals surface area contributed by atoms with Gasteiger partial charge >= 0.3 is 0 Å². The van der Waals surface area contributed by atoms with Crippen LogP contribution in [-0.2, 0) is 66.5 Å². The summed E-state index contributed by atoms with van der Waals surface area (Å²) in [7, 11) is 0. The van der Waals surface area contributed by atoms with Crippen LogP contribution >= 0.6 is 0 Å². The first kappa shape index (κ1) is 62.5. The Kier molecular flexibility index (Phi) is 22.3. The molecule has 6 rings (SSSR count). The lowest BCUT2D eigenvalue weighted by Crippen LogP contribution is -2.70. The van der Waals surface area contributed by atoms with E-state index in [4.69, 9.17) is 52.1 Å². The molecular formula is C42H71N3O31. The highest BCUT2D eigenvalue weighted by molar-refractivity contribution is 5.74. The van der Waals surface area contributed by atoms with Gasteiger partial charge in [-0.1, -0.05) is 0 Å². The summed E-state index contributed by atoms with van der Waals surface area (Å²) >= 11 is 0. The van der Waals surface area contributed by atoms with Crippen LogP contribution in [0.25, 0.3) is 0 Å². The summed E-state index contributed by atoms with van der Waals surface area (Å²) in [4.78, 5) is 36.6. The van der Waals surface area contributed by atoms with Crippen molar-refractivity contribution in [2.45, 2.75) is 205 Å². The highest BCUT2D eigenvalue weighted by Gasteiger charge is 2.57. The molecule has 34 nitrogen and oxygen atoms in total. The van der Waals surface area contributed by atoms with E-state index in [2.05, 4.69) is 16.0 Å². The molecule has 76 heavy (non-hydrogen) atoms. The molecule has 6 fully saturated rings. The Labute approximate surface area is 431 Å². The van der Waals surface area contributed by atoms with Crippen LogP contribution in [0.1, 0.15) is 20.8 Å². The molecule has 440 valence electrons. The minimum absolute atomic E-state index is 0.719. The highest BCUT2D eigenvalue weighted by atomic mass is 16.8. The van der Waals surface area contributed by atoms with E-state index in [1.165, 1.54) is 0 Å². The second-order valence-electron chi connectivity index (χ2n) is 19.0. The smallest absolute Gasteiger partial charge is 0.217 e. The predicted molar refractivity (Wildman–Crippen MR) is 234 cm³/mol. The zero-order valence-corrected chi connectivity index (χ0v) is 40.9. The van der Waals surface area contributed by atoms with Crippen molar-refractivity contribution in [1.82, 2.24) is 16.0 Å². The molecule has 0 aromatic heterocycles. The second-order valence-corrected chi connectivity index (χ2v) is 19.0. The van der Waals surface area contributed by atoms with Crippen molar-refractivity contribution in [2.75, 3.05) is 39.6 Å². The molecular weight excluding hydrogens is 1040 g/mol. The predicted octanol–water partition coefficient (Wildman–Crippen LogP) is -13.7. The van der Waals surface area contributed by atoms with E-state index < -0.39 is 241 Å². The first-order chi connectivity index (χ1) is 35.9. The van der Waals surface area contributed by atoms with Gasteiger partial charge in [0.2, 0.25) is 17.7 Å². The van der Waals surface area contributed by atoms with Gasteiger partial charge in [-0.3, -0.25) is 14.4 Å². The number of carbonyl (C=O) groups is 3. The maximum absolute atomic E-state index is 12.6. The van der Waals surface area contributed by atoms with Crippen LogP contribution in [0, 0.1) is 0 Å². The van der Waals surface area contributed by atoms with Gasteiger partial charge in [-0.25, -0.2) is 0 Å². The number of nitrogens with one attached hydrogen (secondary N) is 3. The van der Waals surface area contributed by atoms with Crippen LogP contribution in [0.4, 0.5) is 0 Å². The van der Waals surface area contributed by atoms with Crippen molar-refractivity contribution in [3.8, 4) is 0 Å². The van der Waals surface area contributed by atoms with Crippen molar-refractivity contribution < 1.29 is 153 Å². The molecule has 34 heteroatoms. The number of rotatable bonds is 19. The molecule has 0 aliphatic carbocycles. The third kappa shape index (κ3) is 13.7. The largest absolute Gasteiger partial charge is 0.394 e. The van der Waals surface area contributed by atoms with Crippen LogP contribution in [0.3, 0.4) is 0 Å². The van der Waals surface area contributed by atoms with Gasteiger partial charge in [0.25, 0.3) is 0 Å². The van der Waals surface area contributed by atoms with Gasteiger partial charge < -0.3 is 155 Å². The fourth-order valence-corrected chi connectivity index (χ4v) is 9.62. The van der Waals surface area contributed by atoms with E-state index in [9.17, 15) is 101 Å². The lowest BCUT2D eigenvalue weighted by molar-refractivity contribution is -0.385. The van der Waals surface area contributed by atoms with Crippen LogP contribution < -0.4 is 16.0 Å².